The Morgan fingerprint density at radius 2 is 1.88 bits per heavy atom. The van der Waals surface area contributed by atoms with Crippen LogP contribution < -0.4 is 5.73 Å². The van der Waals surface area contributed by atoms with Gasteiger partial charge in [0.15, 0.2) is 0 Å². The Balaban J connectivity index is 2.70. The van der Waals surface area contributed by atoms with Gasteiger partial charge in [-0.1, -0.05) is 50.3 Å². The lowest BCUT2D eigenvalue weighted by atomic mass is 10.1. The highest BCUT2D eigenvalue weighted by Gasteiger charge is 2.10. The molecule has 0 aliphatic carbocycles. The van der Waals surface area contributed by atoms with Crippen LogP contribution in [0.3, 0.4) is 0 Å². The van der Waals surface area contributed by atoms with Crippen LogP contribution >= 0.6 is 12.2 Å². The van der Waals surface area contributed by atoms with E-state index in [1.54, 1.807) is 0 Å². The molecule has 0 spiro atoms. The predicted molar refractivity (Wildman–Crippen MR) is 78.2 cm³/mol. The Morgan fingerprint density at radius 1 is 1.29 bits per heavy atom. The van der Waals surface area contributed by atoms with Gasteiger partial charge >= 0.3 is 0 Å². The van der Waals surface area contributed by atoms with Gasteiger partial charge in [0.05, 0.1) is 0 Å². The van der Waals surface area contributed by atoms with Gasteiger partial charge in [0, 0.05) is 18.2 Å². The van der Waals surface area contributed by atoms with E-state index >= 15 is 0 Å². The first-order chi connectivity index (χ1) is 8.08. The molecule has 0 aromatic heterocycles. The highest BCUT2D eigenvalue weighted by molar-refractivity contribution is 7.80. The van der Waals surface area contributed by atoms with Crippen molar-refractivity contribution in [3.63, 3.8) is 0 Å². The predicted octanol–water partition coefficient (Wildman–Crippen LogP) is 2.94. The zero-order chi connectivity index (χ0) is 12.8. The van der Waals surface area contributed by atoms with Crippen LogP contribution in [0, 0.1) is 0 Å². The summed E-state index contributed by atoms with van der Waals surface area (Å²) in [4.78, 5) is 2.93. The molecule has 0 bridgehead atoms. The average Bonchev–Trinajstić information content (AvgIpc) is 2.35. The molecule has 1 unspecified atom stereocenters. The first-order valence-electron chi connectivity index (χ1n) is 6.21. The number of benzene rings is 1. The minimum Gasteiger partial charge on any atom is -0.389 e. The molecule has 0 fully saturated rings. The van der Waals surface area contributed by atoms with Crippen molar-refractivity contribution in [3.05, 3.63) is 35.4 Å². The van der Waals surface area contributed by atoms with E-state index in [1.165, 1.54) is 12.0 Å². The van der Waals surface area contributed by atoms with Crippen molar-refractivity contribution in [3.8, 4) is 0 Å². The molecule has 94 valence electrons. The number of rotatable bonds is 6. The molecule has 0 aliphatic heterocycles. The third kappa shape index (κ3) is 4.10. The molecule has 1 atom stereocenters. The molecule has 0 amide bonds. The third-order valence-corrected chi connectivity index (χ3v) is 3.48. The summed E-state index contributed by atoms with van der Waals surface area (Å²) in [7, 11) is 0. The zero-order valence-electron chi connectivity index (χ0n) is 10.9. The highest BCUT2D eigenvalue weighted by atomic mass is 32.1. The highest BCUT2D eigenvalue weighted by Crippen LogP contribution is 2.11. The number of nitrogens with zero attached hydrogens (tertiary/aromatic N) is 1. The van der Waals surface area contributed by atoms with Crippen LogP contribution in [0.2, 0.25) is 0 Å². The van der Waals surface area contributed by atoms with Crippen LogP contribution in [-0.2, 0) is 6.54 Å². The van der Waals surface area contributed by atoms with Crippen molar-refractivity contribution in [1.29, 1.82) is 0 Å². The minimum atomic E-state index is 0.464. The summed E-state index contributed by atoms with van der Waals surface area (Å²) in [6.45, 7) is 8.76. The molecule has 0 saturated heterocycles. The molecule has 2 nitrogen and oxygen atoms in total. The van der Waals surface area contributed by atoms with Crippen LogP contribution in [0.5, 0.6) is 0 Å². The van der Waals surface area contributed by atoms with Crippen molar-refractivity contribution in [2.24, 2.45) is 5.73 Å². The lowest BCUT2D eigenvalue weighted by Gasteiger charge is -2.27. The number of hydrogen-bond acceptors (Lipinski definition) is 2. The van der Waals surface area contributed by atoms with E-state index < -0.39 is 0 Å². The first kappa shape index (κ1) is 14.1. The Hall–Kier alpha value is -0.930. The van der Waals surface area contributed by atoms with Crippen molar-refractivity contribution in [2.75, 3.05) is 6.54 Å². The third-order valence-electron chi connectivity index (χ3n) is 3.24. The number of thiocarbonyl (C=S) groups is 1. The van der Waals surface area contributed by atoms with Gasteiger partial charge in [-0.25, -0.2) is 0 Å². The fourth-order valence-corrected chi connectivity index (χ4v) is 1.98. The molecule has 2 N–H and O–H groups in total. The fourth-order valence-electron chi connectivity index (χ4n) is 1.85. The maximum absolute atomic E-state index is 5.58. The Labute approximate surface area is 110 Å². The maximum atomic E-state index is 5.58. The van der Waals surface area contributed by atoms with Gasteiger partial charge in [-0.3, -0.25) is 4.90 Å². The quantitative estimate of drug-likeness (QED) is 0.787. The van der Waals surface area contributed by atoms with Crippen LogP contribution in [-0.4, -0.2) is 22.5 Å². The molecular weight excluding hydrogens is 228 g/mol. The Bertz CT molecular complexity index is 359. The normalized spacial score (nSPS) is 12.7. The Morgan fingerprint density at radius 3 is 2.29 bits per heavy atom. The van der Waals surface area contributed by atoms with Crippen molar-refractivity contribution >= 4 is 17.2 Å². The summed E-state index contributed by atoms with van der Waals surface area (Å²) in [5.74, 6) is 0. The maximum Gasteiger partial charge on any atom is 0.103 e. The van der Waals surface area contributed by atoms with E-state index in [0.717, 1.165) is 18.7 Å². The van der Waals surface area contributed by atoms with E-state index in [-0.39, 0.29) is 0 Å². The molecule has 3 heteroatoms. The second-order valence-electron chi connectivity index (χ2n) is 4.38. The van der Waals surface area contributed by atoms with E-state index in [4.69, 9.17) is 18.0 Å². The van der Waals surface area contributed by atoms with Gasteiger partial charge < -0.3 is 5.73 Å². The second-order valence-corrected chi connectivity index (χ2v) is 4.82. The SMILES string of the molecule is CCC(C)N(CC)Cc1ccc(C(N)=S)cc1. The summed E-state index contributed by atoms with van der Waals surface area (Å²) in [6.07, 6.45) is 1.18. The van der Waals surface area contributed by atoms with E-state index in [1.807, 2.05) is 12.1 Å². The van der Waals surface area contributed by atoms with Crippen molar-refractivity contribution in [1.82, 2.24) is 4.90 Å². The standard InChI is InChI=1S/C14H22N2S/c1-4-11(3)16(5-2)10-12-6-8-13(9-7-12)14(15)17/h6-9,11H,4-5,10H2,1-3H3,(H2,15,17). The zero-order valence-corrected chi connectivity index (χ0v) is 11.8. The largest absolute Gasteiger partial charge is 0.389 e. The van der Waals surface area contributed by atoms with E-state index in [9.17, 15) is 0 Å². The number of nitrogens with two attached hydrogens (primary N) is 1. The van der Waals surface area contributed by atoms with Crippen LogP contribution in [0.25, 0.3) is 0 Å². The topological polar surface area (TPSA) is 29.3 Å². The number of hydrogen-bond donors (Lipinski definition) is 1. The molecule has 0 radical (unpaired) electrons. The monoisotopic (exact) mass is 250 g/mol. The van der Waals surface area contributed by atoms with Gasteiger partial charge in [-0.2, -0.15) is 0 Å². The first-order valence-corrected chi connectivity index (χ1v) is 6.62. The fraction of sp³-hybridized carbons (Fsp3) is 0.500. The average molecular weight is 250 g/mol. The Kier molecular flexibility index (Phi) is 5.59. The van der Waals surface area contributed by atoms with Crippen LogP contribution in [0.15, 0.2) is 24.3 Å². The van der Waals surface area contributed by atoms with E-state index in [2.05, 4.69) is 37.8 Å². The molecule has 0 aliphatic rings. The second kappa shape index (κ2) is 6.72. The molecular formula is C14H22N2S. The molecule has 0 saturated carbocycles. The van der Waals surface area contributed by atoms with Crippen LogP contribution in [0.1, 0.15) is 38.3 Å². The smallest absolute Gasteiger partial charge is 0.103 e. The molecule has 17 heavy (non-hydrogen) atoms. The molecule has 0 heterocycles. The van der Waals surface area contributed by atoms with Gasteiger partial charge in [0.1, 0.15) is 4.99 Å². The van der Waals surface area contributed by atoms with Crippen LogP contribution in [0.4, 0.5) is 0 Å². The van der Waals surface area contributed by atoms with Gasteiger partial charge in [-0.15, -0.1) is 0 Å². The lowest BCUT2D eigenvalue weighted by Crippen LogP contribution is -2.31. The van der Waals surface area contributed by atoms with Gasteiger partial charge in [0.25, 0.3) is 0 Å². The lowest BCUT2D eigenvalue weighted by molar-refractivity contribution is 0.206. The summed E-state index contributed by atoms with van der Waals surface area (Å²) in [6, 6.07) is 8.85. The summed E-state index contributed by atoms with van der Waals surface area (Å²) in [5, 5.41) is 0. The van der Waals surface area contributed by atoms with Gasteiger partial charge in [-0.05, 0) is 25.5 Å². The summed E-state index contributed by atoms with van der Waals surface area (Å²) in [5.41, 5.74) is 7.83. The summed E-state index contributed by atoms with van der Waals surface area (Å²) < 4.78 is 0. The summed E-state index contributed by atoms with van der Waals surface area (Å²) >= 11 is 4.94. The minimum absolute atomic E-state index is 0.464. The van der Waals surface area contributed by atoms with Crippen molar-refractivity contribution < 1.29 is 0 Å². The molecule has 1 aromatic rings. The molecule has 1 aromatic carbocycles. The van der Waals surface area contributed by atoms with Gasteiger partial charge in [0.2, 0.25) is 0 Å². The van der Waals surface area contributed by atoms with E-state index in [0.29, 0.717) is 11.0 Å². The van der Waals surface area contributed by atoms with Crippen molar-refractivity contribution in [2.45, 2.75) is 39.8 Å². The molecule has 1 rings (SSSR count).